The number of aromatic nitrogens is 4. The maximum Gasteiger partial charge on any atom is 0.256 e. The third-order valence-electron chi connectivity index (χ3n) is 2.71. The van der Waals surface area contributed by atoms with E-state index in [0.29, 0.717) is 18.3 Å². The van der Waals surface area contributed by atoms with Crippen molar-refractivity contribution in [3.63, 3.8) is 0 Å². The van der Waals surface area contributed by atoms with Gasteiger partial charge in [-0.05, 0) is 5.92 Å². The maximum absolute atomic E-state index is 5.20. The van der Waals surface area contributed by atoms with Crippen LogP contribution in [-0.2, 0) is 20.1 Å². The Kier molecular flexibility index (Phi) is 4.09. The highest BCUT2D eigenvalue weighted by atomic mass is 16.5. The lowest BCUT2D eigenvalue weighted by atomic mass is 10.2. The van der Waals surface area contributed by atoms with Gasteiger partial charge in [-0.1, -0.05) is 13.8 Å². The van der Waals surface area contributed by atoms with Crippen LogP contribution in [0.3, 0.4) is 0 Å². The summed E-state index contributed by atoms with van der Waals surface area (Å²) < 4.78 is 8.90. The van der Waals surface area contributed by atoms with Crippen molar-refractivity contribution in [2.24, 2.45) is 13.0 Å². The van der Waals surface area contributed by atoms with Crippen LogP contribution in [-0.4, -0.2) is 26.7 Å². The van der Waals surface area contributed by atoms with Crippen molar-refractivity contribution in [2.75, 3.05) is 12.4 Å². The molecular weight excluding hydrogens is 242 g/mol. The second-order valence-corrected chi connectivity index (χ2v) is 5.04. The minimum Gasteiger partial charge on any atom is -0.478 e. The van der Waals surface area contributed by atoms with Crippen LogP contribution in [0.1, 0.15) is 19.4 Å². The number of ether oxygens (including phenoxy) is 1. The van der Waals surface area contributed by atoms with Gasteiger partial charge in [0.15, 0.2) is 0 Å². The number of methoxy groups -OCH3 is 1. The summed E-state index contributed by atoms with van der Waals surface area (Å²) in [6, 6.07) is 0. The highest BCUT2D eigenvalue weighted by Gasteiger charge is 2.08. The van der Waals surface area contributed by atoms with E-state index in [1.165, 1.54) is 0 Å². The number of aryl methyl sites for hydroxylation is 1. The molecule has 0 spiro atoms. The average molecular weight is 263 g/mol. The van der Waals surface area contributed by atoms with Gasteiger partial charge in [-0.15, -0.1) is 5.10 Å². The van der Waals surface area contributed by atoms with Gasteiger partial charge in [0.1, 0.15) is 5.69 Å². The Labute approximate surface area is 113 Å². The topological polar surface area (TPSA) is 56.9 Å². The van der Waals surface area contributed by atoms with Gasteiger partial charge in [0.2, 0.25) is 0 Å². The Morgan fingerprint density at radius 2 is 2.16 bits per heavy atom. The molecule has 0 aliphatic heterocycles. The van der Waals surface area contributed by atoms with Gasteiger partial charge >= 0.3 is 0 Å². The average Bonchev–Trinajstić information content (AvgIpc) is 2.92. The highest BCUT2D eigenvalue weighted by molar-refractivity contribution is 5.51. The molecule has 2 heterocycles. The molecule has 0 aromatic carbocycles. The van der Waals surface area contributed by atoms with Gasteiger partial charge in [-0.25, -0.2) is 0 Å². The summed E-state index contributed by atoms with van der Waals surface area (Å²) in [5.41, 5.74) is 2.04. The first-order valence-electron chi connectivity index (χ1n) is 6.41. The van der Waals surface area contributed by atoms with Crippen LogP contribution in [0.5, 0.6) is 5.88 Å². The molecule has 0 unspecified atom stereocenters. The monoisotopic (exact) mass is 263 g/mol. The van der Waals surface area contributed by atoms with Crippen molar-refractivity contribution in [2.45, 2.75) is 26.9 Å². The molecular formula is C13H21N5O. The second-order valence-electron chi connectivity index (χ2n) is 5.04. The first-order valence-corrected chi connectivity index (χ1v) is 6.41. The largest absolute Gasteiger partial charge is 0.478 e. The molecule has 2 aromatic heterocycles. The molecule has 0 radical (unpaired) electrons. The summed E-state index contributed by atoms with van der Waals surface area (Å²) in [4.78, 5) is 0. The van der Waals surface area contributed by atoms with Gasteiger partial charge in [-0.3, -0.25) is 9.36 Å². The number of rotatable bonds is 6. The summed E-state index contributed by atoms with van der Waals surface area (Å²) in [5, 5.41) is 11.8. The summed E-state index contributed by atoms with van der Waals surface area (Å²) in [6.07, 6.45) is 5.85. The summed E-state index contributed by atoms with van der Waals surface area (Å²) in [7, 11) is 3.49. The van der Waals surface area contributed by atoms with E-state index < -0.39 is 0 Å². The fourth-order valence-electron chi connectivity index (χ4n) is 1.91. The molecule has 19 heavy (non-hydrogen) atoms. The third kappa shape index (κ3) is 3.49. The maximum atomic E-state index is 5.20. The Morgan fingerprint density at radius 3 is 2.84 bits per heavy atom. The molecule has 0 saturated carbocycles. The van der Waals surface area contributed by atoms with Crippen molar-refractivity contribution in [1.82, 2.24) is 19.6 Å². The standard InChI is InChI=1S/C13H21N5O/c1-10(2)7-18-8-11(6-15-18)5-14-12-9-17(3)16-13(12)19-4/h6,8-10,14H,5,7H2,1-4H3. The number of hydrogen-bond acceptors (Lipinski definition) is 4. The van der Waals surface area contributed by atoms with E-state index >= 15 is 0 Å². The molecule has 104 valence electrons. The predicted molar refractivity (Wildman–Crippen MR) is 74.2 cm³/mol. The normalized spacial score (nSPS) is 11.0. The number of hydrogen-bond donors (Lipinski definition) is 1. The van der Waals surface area contributed by atoms with Crippen molar-refractivity contribution >= 4 is 5.69 Å². The van der Waals surface area contributed by atoms with Crippen LogP contribution in [0.15, 0.2) is 18.6 Å². The lowest BCUT2D eigenvalue weighted by Crippen LogP contribution is -2.04. The molecule has 0 atom stereocenters. The van der Waals surface area contributed by atoms with Gasteiger partial charge in [0, 0.05) is 31.9 Å². The van der Waals surface area contributed by atoms with Crippen LogP contribution >= 0.6 is 0 Å². The molecule has 0 fully saturated rings. The van der Waals surface area contributed by atoms with Crippen LogP contribution < -0.4 is 10.1 Å². The van der Waals surface area contributed by atoms with Crippen molar-refractivity contribution in [3.05, 3.63) is 24.2 Å². The predicted octanol–water partition coefficient (Wildman–Crippen LogP) is 1.89. The Bertz CT molecular complexity index is 529. The second kappa shape index (κ2) is 5.77. The van der Waals surface area contributed by atoms with E-state index in [4.69, 9.17) is 4.74 Å². The lowest BCUT2D eigenvalue weighted by molar-refractivity contribution is 0.393. The first kappa shape index (κ1) is 13.5. The van der Waals surface area contributed by atoms with Gasteiger partial charge in [0.25, 0.3) is 5.88 Å². The van der Waals surface area contributed by atoms with Gasteiger partial charge in [0.05, 0.1) is 19.5 Å². The zero-order valence-corrected chi connectivity index (χ0v) is 11.9. The fraction of sp³-hybridized carbons (Fsp3) is 0.538. The van der Waals surface area contributed by atoms with Crippen LogP contribution in [0.25, 0.3) is 0 Å². The van der Waals surface area contributed by atoms with Gasteiger partial charge in [-0.2, -0.15) is 5.10 Å². The highest BCUT2D eigenvalue weighted by Crippen LogP contribution is 2.21. The molecule has 6 heteroatoms. The zero-order chi connectivity index (χ0) is 13.8. The van der Waals surface area contributed by atoms with E-state index in [2.05, 4.69) is 35.6 Å². The van der Waals surface area contributed by atoms with E-state index in [1.54, 1.807) is 11.8 Å². The first-order chi connectivity index (χ1) is 9.08. The molecule has 0 amide bonds. The molecule has 0 saturated heterocycles. The number of nitrogens with one attached hydrogen (secondary N) is 1. The molecule has 0 aliphatic rings. The van der Waals surface area contributed by atoms with E-state index in [1.807, 2.05) is 24.1 Å². The van der Waals surface area contributed by atoms with Crippen molar-refractivity contribution in [1.29, 1.82) is 0 Å². The minimum atomic E-state index is 0.596. The van der Waals surface area contributed by atoms with Crippen LogP contribution in [0.4, 0.5) is 5.69 Å². The summed E-state index contributed by atoms with van der Waals surface area (Å²) in [6.45, 7) is 6.01. The molecule has 2 rings (SSSR count). The number of anilines is 1. The molecule has 2 aromatic rings. The quantitative estimate of drug-likeness (QED) is 0.864. The fourth-order valence-corrected chi connectivity index (χ4v) is 1.91. The smallest absolute Gasteiger partial charge is 0.256 e. The summed E-state index contributed by atoms with van der Waals surface area (Å²) in [5.74, 6) is 1.20. The SMILES string of the molecule is COc1nn(C)cc1NCc1cnn(CC(C)C)c1. The van der Waals surface area contributed by atoms with Crippen LogP contribution in [0.2, 0.25) is 0 Å². The van der Waals surface area contributed by atoms with Crippen molar-refractivity contribution in [3.8, 4) is 5.88 Å². The Balaban J connectivity index is 1.96. The van der Waals surface area contributed by atoms with Crippen molar-refractivity contribution < 1.29 is 4.74 Å². The minimum absolute atomic E-state index is 0.596. The van der Waals surface area contributed by atoms with Crippen LogP contribution in [0, 0.1) is 5.92 Å². The van der Waals surface area contributed by atoms with Gasteiger partial charge < -0.3 is 10.1 Å². The molecule has 6 nitrogen and oxygen atoms in total. The molecule has 1 N–H and O–H groups in total. The summed E-state index contributed by atoms with van der Waals surface area (Å²) >= 11 is 0. The Morgan fingerprint density at radius 1 is 1.37 bits per heavy atom. The molecule has 0 bridgehead atoms. The Hall–Kier alpha value is -1.98. The van der Waals surface area contributed by atoms with E-state index in [9.17, 15) is 0 Å². The molecule has 0 aliphatic carbocycles. The number of nitrogens with zero attached hydrogens (tertiary/aromatic N) is 4. The zero-order valence-electron chi connectivity index (χ0n) is 11.9. The lowest BCUT2D eigenvalue weighted by Gasteiger charge is -2.04. The van der Waals surface area contributed by atoms with E-state index in [-0.39, 0.29) is 0 Å². The third-order valence-corrected chi connectivity index (χ3v) is 2.71. The van der Waals surface area contributed by atoms with E-state index in [0.717, 1.165) is 17.8 Å².